The first kappa shape index (κ1) is 11.9. The van der Waals surface area contributed by atoms with Crippen molar-refractivity contribution in [1.82, 2.24) is 4.90 Å². The maximum atomic E-state index is 12.2. The van der Waals surface area contributed by atoms with Crippen LogP contribution in [-0.2, 0) is 14.6 Å². The quantitative estimate of drug-likeness (QED) is 0.728. The van der Waals surface area contributed by atoms with E-state index in [-0.39, 0.29) is 16.4 Å². The highest BCUT2D eigenvalue weighted by atomic mass is 32.2. The molecule has 16 heavy (non-hydrogen) atoms. The Bertz CT molecular complexity index is 365. The van der Waals surface area contributed by atoms with Gasteiger partial charge in [-0.25, -0.2) is 8.42 Å². The lowest BCUT2D eigenvalue weighted by molar-refractivity contribution is -0.131. The number of rotatable bonds is 2. The van der Waals surface area contributed by atoms with Crippen molar-refractivity contribution in [1.29, 1.82) is 0 Å². The molecule has 1 aliphatic carbocycles. The van der Waals surface area contributed by atoms with Gasteiger partial charge in [-0.1, -0.05) is 19.3 Å². The van der Waals surface area contributed by atoms with E-state index < -0.39 is 9.84 Å². The zero-order valence-corrected chi connectivity index (χ0v) is 10.5. The number of amides is 1. The van der Waals surface area contributed by atoms with Gasteiger partial charge in [0.15, 0.2) is 9.84 Å². The van der Waals surface area contributed by atoms with Crippen molar-refractivity contribution in [2.24, 2.45) is 0 Å². The topological polar surface area (TPSA) is 54.5 Å². The summed E-state index contributed by atoms with van der Waals surface area (Å²) < 4.78 is 24.4. The summed E-state index contributed by atoms with van der Waals surface area (Å²) in [6.07, 6.45) is 4.87. The van der Waals surface area contributed by atoms with Gasteiger partial charge in [0, 0.05) is 20.0 Å². The van der Waals surface area contributed by atoms with Crippen molar-refractivity contribution in [3.05, 3.63) is 0 Å². The van der Waals surface area contributed by atoms with Crippen LogP contribution in [0.4, 0.5) is 0 Å². The predicted molar refractivity (Wildman–Crippen MR) is 61.8 cm³/mol. The fourth-order valence-corrected chi connectivity index (χ4v) is 4.88. The fourth-order valence-electron chi connectivity index (χ4n) is 2.57. The second kappa shape index (κ2) is 4.35. The Morgan fingerprint density at radius 2 is 1.62 bits per heavy atom. The van der Waals surface area contributed by atoms with Crippen LogP contribution in [0.2, 0.25) is 0 Å². The van der Waals surface area contributed by atoms with Gasteiger partial charge in [0.1, 0.15) is 0 Å². The Balaban J connectivity index is 1.96. The molecule has 2 aliphatic rings. The molecule has 2 fully saturated rings. The normalized spacial score (nSPS) is 24.2. The number of carbonyl (C=O) groups excluding carboxylic acids is 1. The van der Waals surface area contributed by atoms with Gasteiger partial charge in [0.2, 0.25) is 5.91 Å². The third-order valence-corrected chi connectivity index (χ3v) is 6.40. The Hall–Kier alpha value is -0.580. The van der Waals surface area contributed by atoms with Crippen LogP contribution in [0.25, 0.3) is 0 Å². The van der Waals surface area contributed by atoms with Crippen molar-refractivity contribution in [3.8, 4) is 0 Å². The van der Waals surface area contributed by atoms with Gasteiger partial charge in [0.05, 0.1) is 10.5 Å². The Labute approximate surface area is 96.9 Å². The highest BCUT2D eigenvalue weighted by Gasteiger charge is 2.42. The number of hydrogen-bond donors (Lipinski definition) is 0. The monoisotopic (exact) mass is 245 g/mol. The maximum absolute atomic E-state index is 12.2. The first-order valence-electron chi connectivity index (χ1n) is 6.00. The minimum atomic E-state index is -2.99. The largest absolute Gasteiger partial charge is 0.340 e. The highest BCUT2D eigenvalue weighted by molar-refractivity contribution is 7.92. The van der Waals surface area contributed by atoms with Crippen LogP contribution in [0.5, 0.6) is 0 Å². The molecule has 0 atom stereocenters. The lowest BCUT2D eigenvalue weighted by Crippen LogP contribution is -2.58. The van der Waals surface area contributed by atoms with Gasteiger partial charge in [-0.15, -0.1) is 0 Å². The van der Waals surface area contributed by atoms with Crippen LogP contribution in [0.15, 0.2) is 0 Å². The van der Waals surface area contributed by atoms with E-state index in [4.69, 9.17) is 0 Å². The zero-order chi connectivity index (χ0) is 11.8. The van der Waals surface area contributed by atoms with Crippen LogP contribution in [0, 0.1) is 0 Å². The van der Waals surface area contributed by atoms with E-state index in [0.29, 0.717) is 13.1 Å². The molecule has 2 rings (SSSR count). The average Bonchev–Trinajstić information content (AvgIpc) is 2.15. The van der Waals surface area contributed by atoms with Gasteiger partial charge in [-0.2, -0.15) is 0 Å². The van der Waals surface area contributed by atoms with E-state index in [2.05, 4.69) is 0 Å². The molecule has 0 N–H and O–H groups in total. The average molecular weight is 245 g/mol. The molecule has 5 heteroatoms. The molecule has 92 valence electrons. The molecule has 0 unspecified atom stereocenters. The van der Waals surface area contributed by atoms with E-state index in [0.717, 1.165) is 32.1 Å². The molecule has 1 saturated carbocycles. The lowest BCUT2D eigenvalue weighted by atomic mass is 10.0. The van der Waals surface area contributed by atoms with Gasteiger partial charge in [-0.05, 0) is 12.8 Å². The second-order valence-corrected chi connectivity index (χ2v) is 7.41. The van der Waals surface area contributed by atoms with Crippen molar-refractivity contribution in [2.75, 3.05) is 13.1 Å². The summed E-state index contributed by atoms with van der Waals surface area (Å²) in [5.41, 5.74) is 0. The molecular formula is C11H19NO3S. The number of carbonyl (C=O) groups is 1. The molecule has 0 aromatic rings. The van der Waals surface area contributed by atoms with E-state index in [1.54, 1.807) is 4.90 Å². The molecule has 1 amide bonds. The number of hydrogen-bond acceptors (Lipinski definition) is 3. The first-order valence-corrected chi connectivity index (χ1v) is 7.61. The minimum absolute atomic E-state index is 0.0184. The van der Waals surface area contributed by atoms with E-state index in [1.807, 2.05) is 0 Å². The molecule has 4 nitrogen and oxygen atoms in total. The number of sulfone groups is 1. The molecule has 0 bridgehead atoms. The van der Waals surface area contributed by atoms with Crippen molar-refractivity contribution in [3.63, 3.8) is 0 Å². The van der Waals surface area contributed by atoms with E-state index in [1.165, 1.54) is 6.92 Å². The number of likely N-dealkylation sites (tertiary alicyclic amines) is 1. The Kier molecular flexibility index (Phi) is 3.24. The number of nitrogens with zero attached hydrogens (tertiary/aromatic N) is 1. The predicted octanol–water partition coefficient (Wildman–Crippen LogP) is 0.965. The third kappa shape index (κ3) is 2.10. The summed E-state index contributed by atoms with van der Waals surface area (Å²) >= 11 is 0. The molecule has 1 aliphatic heterocycles. The van der Waals surface area contributed by atoms with Gasteiger partial charge in [-0.3, -0.25) is 4.79 Å². The second-order valence-electron chi connectivity index (χ2n) is 4.90. The summed E-state index contributed by atoms with van der Waals surface area (Å²) in [6.45, 7) is 2.31. The summed E-state index contributed by atoms with van der Waals surface area (Å²) in [7, 11) is -2.99. The molecule has 1 saturated heterocycles. The van der Waals surface area contributed by atoms with E-state index in [9.17, 15) is 13.2 Å². The van der Waals surface area contributed by atoms with E-state index >= 15 is 0 Å². The summed E-state index contributed by atoms with van der Waals surface area (Å²) in [6, 6.07) is 0. The fraction of sp³-hybridized carbons (Fsp3) is 0.909. The molecule has 0 spiro atoms. The summed E-state index contributed by atoms with van der Waals surface area (Å²) in [5, 5.41) is -0.431. The van der Waals surface area contributed by atoms with Gasteiger partial charge in [0.25, 0.3) is 0 Å². The van der Waals surface area contributed by atoms with Gasteiger partial charge < -0.3 is 4.90 Å². The van der Waals surface area contributed by atoms with Crippen molar-refractivity contribution >= 4 is 15.7 Å². The molecule has 1 heterocycles. The SMILES string of the molecule is CC(=O)N1CC(S(=O)(=O)C2CCCCC2)C1. The minimum Gasteiger partial charge on any atom is -0.340 e. The molecule has 0 aromatic carbocycles. The van der Waals surface area contributed by atoms with Gasteiger partial charge >= 0.3 is 0 Å². The molecule has 0 aromatic heterocycles. The Morgan fingerprint density at radius 3 is 2.12 bits per heavy atom. The summed E-state index contributed by atoms with van der Waals surface area (Å²) in [5.74, 6) is -0.0184. The van der Waals surface area contributed by atoms with Crippen molar-refractivity contribution < 1.29 is 13.2 Å². The van der Waals surface area contributed by atoms with Crippen LogP contribution in [0.1, 0.15) is 39.0 Å². The van der Waals surface area contributed by atoms with Crippen LogP contribution in [0.3, 0.4) is 0 Å². The van der Waals surface area contributed by atoms with Crippen LogP contribution >= 0.6 is 0 Å². The first-order chi connectivity index (χ1) is 7.51. The smallest absolute Gasteiger partial charge is 0.219 e. The lowest BCUT2D eigenvalue weighted by Gasteiger charge is -2.40. The maximum Gasteiger partial charge on any atom is 0.219 e. The molecular weight excluding hydrogens is 226 g/mol. The molecule has 0 radical (unpaired) electrons. The highest BCUT2D eigenvalue weighted by Crippen LogP contribution is 2.29. The van der Waals surface area contributed by atoms with Crippen molar-refractivity contribution in [2.45, 2.75) is 49.5 Å². The van der Waals surface area contributed by atoms with Crippen LogP contribution in [-0.4, -0.2) is 42.8 Å². The standard InChI is InChI=1S/C11H19NO3S/c1-9(13)12-7-11(8-12)16(14,15)10-5-3-2-4-6-10/h10-11H,2-8H2,1H3. The summed E-state index contributed by atoms with van der Waals surface area (Å²) in [4.78, 5) is 12.6. The van der Waals surface area contributed by atoms with Crippen LogP contribution < -0.4 is 0 Å². The third-order valence-electron chi connectivity index (χ3n) is 3.77. The zero-order valence-electron chi connectivity index (χ0n) is 9.68. The Morgan fingerprint density at radius 1 is 1.06 bits per heavy atom.